The van der Waals surface area contributed by atoms with Crippen LogP contribution < -0.4 is 5.56 Å². The van der Waals surface area contributed by atoms with Gasteiger partial charge in [0.1, 0.15) is 10.7 Å². The molecule has 1 N–H and O–H groups in total. The Labute approximate surface area is 179 Å². The molecule has 6 rings (SSSR count). The number of hydrogen-bond donors (Lipinski definition) is 1. The van der Waals surface area contributed by atoms with Crippen LogP contribution >= 0.6 is 11.3 Å². The molecule has 1 unspecified atom stereocenters. The number of fused-ring (bicyclic) bond motifs is 4. The number of thiophene rings is 1. The van der Waals surface area contributed by atoms with E-state index < -0.39 is 0 Å². The summed E-state index contributed by atoms with van der Waals surface area (Å²) in [6, 6.07) is 16.1. The molecule has 2 aromatic heterocycles. The molecule has 30 heavy (non-hydrogen) atoms. The highest BCUT2D eigenvalue weighted by Crippen LogP contribution is 2.37. The molecule has 152 valence electrons. The lowest BCUT2D eigenvalue weighted by Crippen LogP contribution is -2.30. The minimum atomic E-state index is 0.0449. The van der Waals surface area contributed by atoms with E-state index in [-0.39, 0.29) is 11.6 Å². The molecule has 5 heteroatoms. The lowest BCUT2D eigenvalue weighted by Gasteiger charge is -2.29. The maximum Gasteiger partial charge on any atom is 0.259 e. The number of H-pyrrole nitrogens is 1. The van der Waals surface area contributed by atoms with E-state index in [9.17, 15) is 4.79 Å². The number of nitrogens with one attached hydrogen (secondary N) is 1. The van der Waals surface area contributed by atoms with Crippen molar-refractivity contribution in [1.82, 2.24) is 14.9 Å². The lowest BCUT2D eigenvalue weighted by atomic mass is 10.0. The zero-order valence-corrected chi connectivity index (χ0v) is 18.0. The second-order valence-electron chi connectivity index (χ2n) is 8.74. The summed E-state index contributed by atoms with van der Waals surface area (Å²) >= 11 is 1.72. The highest BCUT2D eigenvalue weighted by molar-refractivity contribution is 7.18. The van der Waals surface area contributed by atoms with Crippen molar-refractivity contribution in [3.63, 3.8) is 0 Å². The first-order valence-electron chi connectivity index (χ1n) is 11.0. The van der Waals surface area contributed by atoms with E-state index >= 15 is 0 Å². The lowest BCUT2D eigenvalue weighted by molar-refractivity contribution is 0.186. The number of aromatic amines is 1. The zero-order valence-electron chi connectivity index (χ0n) is 17.1. The fourth-order valence-electron chi connectivity index (χ4n) is 4.94. The second kappa shape index (κ2) is 7.03. The Morgan fingerprint density at radius 3 is 2.83 bits per heavy atom. The zero-order chi connectivity index (χ0) is 20.2. The van der Waals surface area contributed by atoms with Gasteiger partial charge in [0, 0.05) is 17.0 Å². The highest BCUT2D eigenvalue weighted by Gasteiger charge is 2.33. The van der Waals surface area contributed by atoms with Crippen LogP contribution in [-0.2, 0) is 19.4 Å². The van der Waals surface area contributed by atoms with Crippen LogP contribution in [0.5, 0.6) is 0 Å². The molecule has 2 aliphatic rings. The molecule has 4 aromatic rings. The fraction of sp³-hybridized carbons (Fsp3) is 0.360. The molecular weight excluding hydrogens is 390 g/mol. The minimum absolute atomic E-state index is 0.0449. The Morgan fingerprint density at radius 1 is 1.17 bits per heavy atom. The molecule has 2 aliphatic carbocycles. The number of nitrogens with zero attached hydrogens (tertiary/aromatic N) is 2. The van der Waals surface area contributed by atoms with Crippen LogP contribution in [0.1, 0.15) is 54.1 Å². The van der Waals surface area contributed by atoms with Crippen molar-refractivity contribution in [2.24, 2.45) is 0 Å². The van der Waals surface area contributed by atoms with Crippen molar-refractivity contribution in [2.75, 3.05) is 0 Å². The van der Waals surface area contributed by atoms with Crippen molar-refractivity contribution in [3.8, 4) is 0 Å². The van der Waals surface area contributed by atoms with Crippen molar-refractivity contribution < 1.29 is 0 Å². The standard InChI is InChI=1S/C25H25N3OS/c1-15(17-10-9-16-5-2-3-6-18(16)13-17)28(19-11-12-19)14-22-26-24(29)23-20-7-4-8-21(20)30-25(23)27-22/h2-3,5-6,9-10,13,15,19H,4,7-8,11-12,14H2,1H3,(H,26,27,29). The summed E-state index contributed by atoms with van der Waals surface area (Å²) in [5.41, 5.74) is 2.61. The number of benzene rings is 2. The molecular formula is C25H25N3OS. The first kappa shape index (κ1) is 18.3. The predicted molar refractivity (Wildman–Crippen MR) is 123 cm³/mol. The van der Waals surface area contributed by atoms with Gasteiger partial charge in [0.05, 0.1) is 11.9 Å². The molecule has 1 atom stereocenters. The van der Waals surface area contributed by atoms with Gasteiger partial charge in [0.25, 0.3) is 5.56 Å². The molecule has 1 fully saturated rings. The first-order valence-corrected chi connectivity index (χ1v) is 11.8. The molecule has 0 bridgehead atoms. The third kappa shape index (κ3) is 3.08. The number of aryl methyl sites for hydroxylation is 2. The molecule has 0 spiro atoms. The average Bonchev–Trinajstić information content (AvgIpc) is 3.39. The van der Waals surface area contributed by atoms with Gasteiger partial charge in [-0.3, -0.25) is 9.69 Å². The van der Waals surface area contributed by atoms with Crippen molar-refractivity contribution >= 4 is 32.3 Å². The summed E-state index contributed by atoms with van der Waals surface area (Å²) < 4.78 is 0. The van der Waals surface area contributed by atoms with Gasteiger partial charge in [-0.05, 0) is 67.0 Å². The van der Waals surface area contributed by atoms with Gasteiger partial charge in [-0.15, -0.1) is 11.3 Å². The quantitative estimate of drug-likeness (QED) is 0.478. The Kier molecular flexibility index (Phi) is 4.29. The van der Waals surface area contributed by atoms with E-state index in [1.807, 2.05) is 0 Å². The Balaban J connectivity index is 1.34. The summed E-state index contributed by atoms with van der Waals surface area (Å²) in [5, 5.41) is 3.39. The van der Waals surface area contributed by atoms with Crippen LogP contribution in [0.3, 0.4) is 0 Å². The predicted octanol–water partition coefficient (Wildman–Crippen LogP) is 5.35. The van der Waals surface area contributed by atoms with Crippen LogP contribution in [0, 0.1) is 0 Å². The number of aromatic nitrogens is 2. The van der Waals surface area contributed by atoms with Crippen LogP contribution in [0.2, 0.25) is 0 Å². The number of hydrogen-bond acceptors (Lipinski definition) is 4. The molecule has 0 radical (unpaired) electrons. The van der Waals surface area contributed by atoms with E-state index in [1.54, 1.807) is 11.3 Å². The summed E-state index contributed by atoms with van der Waals surface area (Å²) in [6.07, 6.45) is 5.72. The summed E-state index contributed by atoms with van der Waals surface area (Å²) in [5.74, 6) is 0.798. The second-order valence-corrected chi connectivity index (χ2v) is 9.82. The van der Waals surface area contributed by atoms with Crippen LogP contribution in [-0.4, -0.2) is 20.9 Å². The third-order valence-corrected chi connectivity index (χ3v) is 7.91. The van der Waals surface area contributed by atoms with Crippen LogP contribution in [0.4, 0.5) is 0 Å². The van der Waals surface area contributed by atoms with Gasteiger partial charge in [-0.2, -0.15) is 0 Å². The van der Waals surface area contributed by atoms with Gasteiger partial charge in [0.2, 0.25) is 0 Å². The average molecular weight is 416 g/mol. The minimum Gasteiger partial charge on any atom is -0.309 e. The van der Waals surface area contributed by atoms with Crippen molar-refractivity contribution in [3.05, 3.63) is 74.6 Å². The van der Waals surface area contributed by atoms with Gasteiger partial charge >= 0.3 is 0 Å². The Morgan fingerprint density at radius 2 is 2.00 bits per heavy atom. The molecule has 2 aromatic carbocycles. The monoisotopic (exact) mass is 415 g/mol. The highest BCUT2D eigenvalue weighted by atomic mass is 32.1. The first-order chi connectivity index (χ1) is 14.7. The van der Waals surface area contributed by atoms with E-state index in [0.717, 1.165) is 35.3 Å². The van der Waals surface area contributed by atoms with Gasteiger partial charge in [-0.1, -0.05) is 36.4 Å². The molecule has 0 aliphatic heterocycles. The molecule has 2 heterocycles. The van der Waals surface area contributed by atoms with Crippen LogP contribution in [0.25, 0.3) is 21.0 Å². The summed E-state index contributed by atoms with van der Waals surface area (Å²) in [6.45, 7) is 2.96. The smallest absolute Gasteiger partial charge is 0.259 e. The maximum atomic E-state index is 12.9. The number of rotatable bonds is 5. The summed E-state index contributed by atoms with van der Waals surface area (Å²) in [4.78, 5) is 25.7. The topological polar surface area (TPSA) is 49.0 Å². The van der Waals surface area contributed by atoms with Gasteiger partial charge in [0.15, 0.2) is 0 Å². The Hall–Kier alpha value is -2.50. The van der Waals surface area contributed by atoms with E-state index in [4.69, 9.17) is 4.98 Å². The molecule has 4 nitrogen and oxygen atoms in total. The van der Waals surface area contributed by atoms with Gasteiger partial charge < -0.3 is 4.98 Å². The molecule has 0 amide bonds. The van der Waals surface area contributed by atoms with Crippen molar-refractivity contribution in [2.45, 2.75) is 57.7 Å². The van der Waals surface area contributed by atoms with Gasteiger partial charge in [-0.25, -0.2) is 4.98 Å². The Bertz CT molecular complexity index is 1320. The third-order valence-electron chi connectivity index (χ3n) is 6.73. The van der Waals surface area contributed by atoms with Crippen molar-refractivity contribution in [1.29, 1.82) is 0 Å². The fourth-order valence-corrected chi connectivity index (χ4v) is 6.22. The van der Waals surface area contributed by atoms with E-state index in [2.05, 4.69) is 59.3 Å². The molecule has 1 saturated carbocycles. The summed E-state index contributed by atoms with van der Waals surface area (Å²) in [7, 11) is 0. The molecule has 0 saturated heterocycles. The SMILES string of the molecule is CC(c1ccc2ccccc2c1)N(Cc1nc2sc3c(c2c(=O)[nH]1)CCC3)C1CC1. The maximum absolute atomic E-state index is 12.9. The normalized spacial score (nSPS) is 17.1. The van der Waals surface area contributed by atoms with Crippen LogP contribution in [0.15, 0.2) is 47.3 Å². The largest absolute Gasteiger partial charge is 0.309 e. The van der Waals surface area contributed by atoms with E-state index in [0.29, 0.717) is 12.6 Å². The van der Waals surface area contributed by atoms with E-state index in [1.165, 1.54) is 39.6 Å².